The van der Waals surface area contributed by atoms with E-state index < -0.39 is 17.5 Å². The Bertz CT molecular complexity index is 1450. The molecule has 0 amide bonds. The summed E-state index contributed by atoms with van der Waals surface area (Å²) in [5.74, 6) is 3.18. The molecule has 4 aromatic carbocycles. The van der Waals surface area contributed by atoms with E-state index in [-0.39, 0.29) is 16.8 Å². The molecular weight excluding hydrogens is 448 g/mol. The van der Waals surface area contributed by atoms with Crippen molar-refractivity contribution in [3.63, 3.8) is 0 Å². The fraction of sp³-hybridized carbons (Fsp3) is 0.161. The summed E-state index contributed by atoms with van der Waals surface area (Å²) in [6, 6.07) is 17.4. The molecular formula is C31H24F4. The van der Waals surface area contributed by atoms with Gasteiger partial charge in [0.2, 0.25) is 0 Å². The Morgan fingerprint density at radius 1 is 0.686 bits per heavy atom. The lowest BCUT2D eigenvalue weighted by Crippen LogP contribution is -1.98. The molecule has 0 spiro atoms. The van der Waals surface area contributed by atoms with E-state index in [1.165, 1.54) is 18.2 Å². The highest BCUT2D eigenvalue weighted by Gasteiger charge is 2.08. The highest BCUT2D eigenvalue weighted by atomic mass is 19.2. The molecule has 0 unspecified atom stereocenters. The average molecular weight is 473 g/mol. The summed E-state index contributed by atoms with van der Waals surface area (Å²) < 4.78 is 56.3. The zero-order valence-electron chi connectivity index (χ0n) is 19.3. The standard InChI is InChI=1S/C31H24F4/c1-2-3-4-5-21-6-11-24(29(33)19-21)13-8-23-9-14-25(30(34)20-23)12-7-22-10-16-27-26(18-22)15-17-28(32)31(27)35/h2-3,6,9-11,14-20H,4-5,8,13H2,1H3/b3-2+. The molecule has 0 N–H and O–H groups in total. The molecule has 0 bridgehead atoms. The van der Waals surface area contributed by atoms with Gasteiger partial charge in [-0.25, -0.2) is 17.6 Å². The first-order valence-corrected chi connectivity index (χ1v) is 11.5. The Kier molecular flexibility index (Phi) is 7.67. The molecule has 0 fully saturated rings. The summed E-state index contributed by atoms with van der Waals surface area (Å²) in [5.41, 5.74) is 3.12. The van der Waals surface area contributed by atoms with Gasteiger partial charge in [-0.15, -0.1) is 0 Å². The average Bonchev–Trinajstić information content (AvgIpc) is 2.85. The van der Waals surface area contributed by atoms with E-state index >= 15 is 0 Å². The highest BCUT2D eigenvalue weighted by molar-refractivity contribution is 5.84. The number of allylic oxidation sites excluding steroid dienone is 2. The van der Waals surface area contributed by atoms with Gasteiger partial charge in [-0.05, 0) is 91.1 Å². The minimum atomic E-state index is -0.904. The maximum absolute atomic E-state index is 14.6. The lowest BCUT2D eigenvalue weighted by atomic mass is 10.00. The van der Waals surface area contributed by atoms with Gasteiger partial charge in [-0.1, -0.05) is 54.3 Å². The summed E-state index contributed by atoms with van der Waals surface area (Å²) in [5, 5.41) is 0.690. The Labute approximate surface area is 202 Å². The predicted molar refractivity (Wildman–Crippen MR) is 133 cm³/mol. The monoisotopic (exact) mass is 472 g/mol. The molecule has 0 aromatic heterocycles. The van der Waals surface area contributed by atoms with Gasteiger partial charge in [-0.2, -0.15) is 0 Å². The van der Waals surface area contributed by atoms with Crippen molar-refractivity contribution in [3.05, 3.63) is 130 Å². The first kappa shape index (κ1) is 24.3. The first-order valence-electron chi connectivity index (χ1n) is 11.5. The summed E-state index contributed by atoms with van der Waals surface area (Å²) in [6.45, 7) is 1.96. The van der Waals surface area contributed by atoms with Crippen LogP contribution in [0.2, 0.25) is 0 Å². The van der Waals surface area contributed by atoms with Crippen molar-refractivity contribution >= 4 is 10.8 Å². The number of hydrogen-bond donors (Lipinski definition) is 0. The van der Waals surface area contributed by atoms with Crippen LogP contribution in [0, 0.1) is 35.1 Å². The van der Waals surface area contributed by atoms with Crippen molar-refractivity contribution in [2.24, 2.45) is 0 Å². The Morgan fingerprint density at radius 3 is 2.23 bits per heavy atom. The van der Waals surface area contributed by atoms with Crippen LogP contribution in [0.4, 0.5) is 17.6 Å². The predicted octanol–water partition coefficient (Wildman–Crippen LogP) is 8.09. The zero-order valence-corrected chi connectivity index (χ0v) is 19.3. The molecule has 0 radical (unpaired) electrons. The minimum Gasteiger partial charge on any atom is -0.207 e. The molecule has 176 valence electrons. The minimum absolute atomic E-state index is 0.172. The van der Waals surface area contributed by atoms with Crippen LogP contribution in [-0.2, 0) is 19.3 Å². The van der Waals surface area contributed by atoms with E-state index in [2.05, 4.69) is 17.9 Å². The largest absolute Gasteiger partial charge is 0.207 e. The molecule has 0 saturated carbocycles. The van der Waals surface area contributed by atoms with Crippen molar-refractivity contribution < 1.29 is 17.6 Å². The van der Waals surface area contributed by atoms with Crippen molar-refractivity contribution in [2.75, 3.05) is 0 Å². The van der Waals surface area contributed by atoms with Crippen molar-refractivity contribution in [1.82, 2.24) is 0 Å². The summed E-state index contributed by atoms with van der Waals surface area (Å²) in [6.07, 6.45) is 6.69. The van der Waals surface area contributed by atoms with Gasteiger partial charge in [0.1, 0.15) is 11.6 Å². The Balaban J connectivity index is 1.43. The Morgan fingerprint density at radius 2 is 1.46 bits per heavy atom. The molecule has 35 heavy (non-hydrogen) atoms. The van der Waals surface area contributed by atoms with E-state index in [1.54, 1.807) is 36.4 Å². The smallest absolute Gasteiger partial charge is 0.166 e. The maximum Gasteiger partial charge on any atom is 0.166 e. The van der Waals surface area contributed by atoms with Crippen molar-refractivity contribution in [2.45, 2.75) is 32.6 Å². The van der Waals surface area contributed by atoms with Crippen LogP contribution >= 0.6 is 0 Å². The van der Waals surface area contributed by atoms with Crippen LogP contribution in [0.15, 0.2) is 78.9 Å². The molecule has 0 atom stereocenters. The zero-order chi connectivity index (χ0) is 24.8. The van der Waals surface area contributed by atoms with Crippen molar-refractivity contribution in [1.29, 1.82) is 0 Å². The molecule has 4 heteroatoms. The number of benzene rings is 4. The summed E-state index contributed by atoms with van der Waals surface area (Å²) >= 11 is 0. The number of fused-ring (bicyclic) bond motifs is 1. The number of halogens is 4. The second kappa shape index (κ2) is 11.1. The van der Waals surface area contributed by atoms with Crippen LogP contribution in [0.3, 0.4) is 0 Å². The van der Waals surface area contributed by atoms with E-state index in [4.69, 9.17) is 0 Å². The molecule has 4 aromatic rings. The van der Waals surface area contributed by atoms with Gasteiger partial charge >= 0.3 is 0 Å². The van der Waals surface area contributed by atoms with E-state index in [0.717, 1.165) is 30.0 Å². The van der Waals surface area contributed by atoms with Gasteiger partial charge in [0.25, 0.3) is 0 Å². The lowest BCUT2D eigenvalue weighted by Gasteiger charge is -2.07. The Hall–Kier alpha value is -3.84. The molecule has 0 aliphatic carbocycles. The first-order chi connectivity index (χ1) is 16.9. The summed E-state index contributed by atoms with van der Waals surface area (Å²) in [7, 11) is 0. The van der Waals surface area contributed by atoms with E-state index in [0.29, 0.717) is 29.4 Å². The van der Waals surface area contributed by atoms with Crippen molar-refractivity contribution in [3.8, 4) is 11.8 Å². The maximum atomic E-state index is 14.6. The van der Waals surface area contributed by atoms with Crippen LogP contribution < -0.4 is 0 Å². The van der Waals surface area contributed by atoms with Crippen LogP contribution in [0.1, 0.15) is 41.2 Å². The molecule has 0 saturated heterocycles. The number of rotatable bonds is 6. The molecule has 0 aliphatic heterocycles. The third-order valence-electron chi connectivity index (χ3n) is 5.92. The lowest BCUT2D eigenvalue weighted by molar-refractivity contribution is 0.517. The topological polar surface area (TPSA) is 0 Å². The van der Waals surface area contributed by atoms with Gasteiger partial charge in [0.05, 0.1) is 5.56 Å². The number of hydrogen-bond acceptors (Lipinski definition) is 0. The van der Waals surface area contributed by atoms with Crippen LogP contribution in [0.5, 0.6) is 0 Å². The van der Waals surface area contributed by atoms with Gasteiger partial charge in [0.15, 0.2) is 11.6 Å². The third kappa shape index (κ3) is 6.00. The van der Waals surface area contributed by atoms with Gasteiger partial charge in [-0.3, -0.25) is 0 Å². The van der Waals surface area contributed by atoms with E-state index in [1.807, 2.05) is 19.1 Å². The van der Waals surface area contributed by atoms with Gasteiger partial charge in [0, 0.05) is 10.9 Å². The van der Waals surface area contributed by atoms with Gasteiger partial charge < -0.3 is 0 Å². The van der Waals surface area contributed by atoms with Crippen LogP contribution in [0.25, 0.3) is 10.8 Å². The second-order valence-electron chi connectivity index (χ2n) is 8.39. The number of aryl methyl sites for hydroxylation is 3. The molecule has 4 rings (SSSR count). The molecule has 0 aliphatic rings. The fourth-order valence-corrected chi connectivity index (χ4v) is 3.94. The SMILES string of the molecule is C/C=C/CCc1ccc(CCc2ccc(C#Cc3ccc4c(F)c(F)ccc4c3)c(F)c2)c(F)c1. The quantitative estimate of drug-likeness (QED) is 0.151. The van der Waals surface area contributed by atoms with Crippen LogP contribution in [-0.4, -0.2) is 0 Å². The second-order valence-corrected chi connectivity index (χ2v) is 8.39. The normalized spacial score (nSPS) is 11.1. The fourth-order valence-electron chi connectivity index (χ4n) is 3.94. The third-order valence-corrected chi connectivity index (χ3v) is 5.92. The highest BCUT2D eigenvalue weighted by Crippen LogP contribution is 2.22. The molecule has 0 nitrogen and oxygen atoms in total. The molecule has 0 heterocycles. The van der Waals surface area contributed by atoms with E-state index in [9.17, 15) is 17.6 Å². The summed E-state index contributed by atoms with van der Waals surface area (Å²) in [4.78, 5) is 0.